The molecule has 2 aromatic heterocycles. The van der Waals surface area contributed by atoms with Gasteiger partial charge in [0.15, 0.2) is 5.82 Å². The first kappa shape index (κ1) is 8.61. The van der Waals surface area contributed by atoms with Gasteiger partial charge in [0, 0.05) is 10.4 Å². The van der Waals surface area contributed by atoms with Crippen molar-refractivity contribution in [2.45, 2.75) is 18.8 Å². The maximum atomic E-state index is 4.49. The molecular weight excluding hydrogens is 262 g/mol. The first-order chi connectivity index (χ1) is 6.84. The number of hydrogen-bond acceptors (Lipinski definition) is 3. The van der Waals surface area contributed by atoms with Crippen LogP contribution in [0.25, 0.3) is 10.7 Å². The fourth-order valence-corrected chi connectivity index (χ4v) is 2.85. The van der Waals surface area contributed by atoms with Gasteiger partial charge in [0.25, 0.3) is 0 Å². The second-order valence-corrected chi connectivity index (χ2v) is 5.19. The predicted molar refractivity (Wildman–Crippen MR) is 59.4 cm³/mol. The van der Waals surface area contributed by atoms with E-state index in [0.29, 0.717) is 5.92 Å². The van der Waals surface area contributed by atoms with Crippen LogP contribution in [0.15, 0.2) is 15.9 Å². The van der Waals surface area contributed by atoms with Crippen molar-refractivity contribution >= 4 is 27.3 Å². The Labute approximate surface area is 93.7 Å². The quantitative estimate of drug-likeness (QED) is 0.910. The molecule has 1 saturated carbocycles. The molecule has 3 rings (SSSR count). The van der Waals surface area contributed by atoms with E-state index in [0.717, 1.165) is 21.0 Å². The van der Waals surface area contributed by atoms with Gasteiger partial charge in [-0.25, -0.2) is 4.98 Å². The molecule has 0 aromatic carbocycles. The van der Waals surface area contributed by atoms with Crippen LogP contribution >= 0.6 is 27.3 Å². The summed E-state index contributed by atoms with van der Waals surface area (Å²) in [4.78, 5) is 5.59. The molecule has 72 valence electrons. The zero-order valence-electron chi connectivity index (χ0n) is 7.33. The molecule has 0 amide bonds. The van der Waals surface area contributed by atoms with Crippen LogP contribution in [-0.2, 0) is 0 Å². The SMILES string of the molecule is Brc1ccsc1-c1n[nH]c(C2CC2)n1. The Kier molecular flexibility index (Phi) is 1.95. The average Bonchev–Trinajstić information content (AvgIpc) is 2.75. The highest BCUT2D eigenvalue weighted by Gasteiger charge is 2.27. The number of rotatable bonds is 2. The van der Waals surface area contributed by atoms with Gasteiger partial charge in [-0.15, -0.1) is 11.3 Å². The van der Waals surface area contributed by atoms with Gasteiger partial charge in [0.05, 0.1) is 4.88 Å². The van der Waals surface area contributed by atoms with Gasteiger partial charge in [0.1, 0.15) is 5.82 Å². The van der Waals surface area contributed by atoms with Crippen LogP contribution in [-0.4, -0.2) is 15.2 Å². The van der Waals surface area contributed by atoms with Crippen LogP contribution in [0.5, 0.6) is 0 Å². The van der Waals surface area contributed by atoms with E-state index in [4.69, 9.17) is 0 Å². The second-order valence-electron chi connectivity index (χ2n) is 3.42. The van der Waals surface area contributed by atoms with Crippen molar-refractivity contribution in [2.75, 3.05) is 0 Å². The number of thiophene rings is 1. The van der Waals surface area contributed by atoms with Gasteiger partial charge < -0.3 is 0 Å². The molecule has 0 bridgehead atoms. The molecule has 2 heterocycles. The Balaban J connectivity index is 1.99. The Morgan fingerprint density at radius 2 is 2.36 bits per heavy atom. The van der Waals surface area contributed by atoms with Gasteiger partial charge in [-0.3, -0.25) is 5.10 Å². The number of H-pyrrole nitrogens is 1. The third-order valence-electron chi connectivity index (χ3n) is 2.29. The molecule has 5 heteroatoms. The summed E-state index contributed by atoms with van der Waals surface area (Å²) in [7, 11) is 0. The molecule has 0 unspecified atom stereocenters. The Hall–Kier alpha value is -0.680. The Morgan fingerprint density at radius 3 is 3.00 bits per heavy atom. The lowest BCUT2D eigenvalue weighted by Crippen LogP contribution is -1.80. The minimum Gasteiger partial charge on any atom is -0.262 e. The van der Waals surface area contributed by atoms with E-state index in [1.165, 1.54) is 12.8 Å². The number of nitrogens with one attached hydrogen (secondary N) is 1. The summed E-state index contributed by atoms with van der Waals surface area (Å²) in [6.07, 6.45) is 2.50. The average molecular weight is 270 g/mol. The van der Waals surface area contributed by atoms with Gasteiger partial charge in [-0.2, -0.15) is 5.10 Å². The molecule has 0 saturated heterocycles. The van der Waals surface area contributed by atoms with E-state index in [9.17, 15) is 0 Å². The minimum atomic E-state index is 0.634. The molecular formula is C9H8BrN3S. The molecule has 1 N–H and O–H groups in total. The number of aromatic amines is 1. The molecule has 1 aliphatic carbocycles. The number of halogens is 1. The normalized spacial score (nSPS) is 16.1. The maximum absolute atomic E-state index is 4.49. The van der Waals surface area contributed by atoms with E-state index in [1.807, 2.05) is 11.4 Å². The third kappa shape index (κ3) is 1.40. The van der Waals surface area contributed by atoms with Crippen LogP contribution in [0.1, 0.15) is 24.6 Å². The second kappa shape index (κ2) is 3.17. The molecule has 0 atom stereocenters. The fraction of sp³-hybridized carbons (Fsp3) is 0.333. The monoisotopic (exact) mass is 269 g/mol. The summed E-state index contributed by atoms with van der Waals surface area (Å²) >= 11 is 5.14. The van der Waals surface area contributed by atoms with Crippen LogP contribution < -0.4 is 0 Å². The van der Waals surface area contributed by atoms with E-state index >= 15 is 0 Å². The standard InChI is InChI=1S/C9H8BrN3S/c10-6-3-4-14-7(6)9-11-8(12-13-9)5-1-2-5/h3-5H,1-2H2,(H,11,12,13). The highest BCUT2D eigenvalue weighted by molar-refractivity contribution is 9.10. The summed E-state index contributed by atoms with van der Waals surface area (Å²) in [6.45, 7) is 0. The van der Waals surface area contributed by atoms with Crippen molar-refractivity contribution in [3.63, 3.8) is 0 Å². The molecule has 1 aliphatic rings. The third-order valence-corrected chi connectivity index (χ3v) is 4.12. The molecule has 0 radical (unpaired) electrons. The fourth-order valence-electron chi connectivity index (χ4n) is 1.37. The molecule has 0 aliphatic heterocycles. The first-order valence-corrected chi connectivity index (χ1v) is 6.17. The summed E-state index contributed by atoms with van der Waals surface area (Å²) < 4.78 is 1.07. The van der Waals surface area contributed by atoms with E-state index in [-0.39, 0.29) is 0 Å². The highest BCUT2D eigenvalue weighted by Crippen LogP contribution is 2.39. The summed E-state index contributed by atoms with van der Waals surface area (Å²) in [6, 6.07) is 2.02. The van der Waals surface area contributed by atoms with Crippen molar-refractivity contribution in [3.05, 3.63) is 21.7 Å². The summed E-state index contributed by atoms with van der Waals surface area (Å²) in [5.41, 5.74) is 0. The zero-order chi connectivity index (χ0) is 9.54. The van der Waals surface area contributed by atoms with Crippen molar-refractivity contribution in [1.29, 1.82) is 0 Å². The summed E-state index contributed by atoms with van der Waals surface area (Å²) in [5.74, 6) is 2.49. The van der Waals surface area contributed by atoms with Crippen molar-refractivity contribution in [3.8, 4) is 10.7 Å². The largest absolute Gasteiger partial charge is 0.262 e. The first-order valence-electron chi connectivity index (χ1n) is 4.50. The van der Waals surface area contributed by atoms with E-state index in [1.54, 1.807) is 11.3 Å². The van der Waals surface area contributed by atoms with E-state index < -0.39 is 0 Å². The number of hydrogen-bond donors (Lipinski definition) is 1. The smallest absolute Gasteiger partial charge is 0.192 e. The van der Waals surface area contributed by atoms with Crippen LogP contribution in [0.4, 0.5) is 0 Å². The Morgan fingerprint density at radius 1 is 1.50 bits per heavy atom. The van der Waals surface area contributed by atoms with Crippen molar-refractivity contribution in [1.82, 2.24) is 15.2 Å². The lowest BCUT2D eigenvalue weighted by atomic mass is 10.4. The van der Waals surface area contributed by atoms with Gasteiger partial charge in [-0.05, 0) is 40.2 Å². The lowest BCUT2D eigenvalue weighted by molar-refractivity contribution is 0.935. The van der Waals surface area contributed by atoms with Crippen LogP contribution in [0, 0.1) is 0 Å². The molecule has 1 fully saturated rings. The van der Waals surface area contributed by atoms with Crippen molar-refractivity contribution in [2.24, 2.45) is 0 Å². The maximum Gasteiger partial charge on any atom is 0.192 e. The Bertz CT molecular complexity index is 458. The van der Waals surface area contributed by atoms with Gasteiger partial charge >= 0.3 is 0 Å². The van der Waals surface area contributed by atoms with Gasteiger partial charge in [-0.1, -0.05) is 0 Å². The van der Waals surface area contributed by atoms with Crippen molar-refractivity contribution < 1.29 is 0 Å². The molecule has 14 heavy (non-hydrogen) atoms. The minimum absolute atomic E-state index is 0.634. The van der Waals surface area contributed by atoms with Crippen LogP contribution in [0.3, 0.4) is 0 Å². The number of nitrogens with zero attached hydrogens (tertiary/aromatic N) is 2. The molecule has 3 nitrogen and oxygen atoms in total. The molecule has 0 spiro atoms. The van der Waals surface area contributed by atoms with Crippen LogP contribution in [0.2, 0.25) is 0 Å². The topological polar surface area (TPSA) is 41.6 Å². The number of aromatic nitrogens is 3. The summed E-state index contributed by atoms with van der Waals surface area (Å²) in [5, 5.41) is 9.27. The zero-order valence-corrected chi connectivity index (χ0v) is 9.73. The van der Waals surface area contributed by atoms with Gasteiger partial charge in [0.2, 0.25) is 0 Å². The highest BCUT2D eigenvalue weighted by atomic mass is 79.9. The molecule has 2 aromatic rings. The lowest BCUT2D eigenvalue weighted by Gasteiger charge is -1.88. The van der Waals surface area contributed by atoms with E-state index in [2.05, 4.69) is 31.1 Å². The predicted octanol–water partition coefficient (Wildman–Crippen LogP) is 3.17.